The first-order chi connectivity index (χ1) is 8.61. The van der Waals surface area contributed by atoms with Gasteiger partial charge in [0.05, 0.1) is 5.75 Å². The molecule has 0 aromatic heterocycles. The maximum Gasteiger partial charge on any atom is 0.323 e. The minimum atomic E-state index is -3.18. The minimum Gasteiger partial charge on any atom is -0.481 e. The molecule has 8 nitrogen and oxygen atoms in total. The summed E-state index contributed by atoms with van der Waals surface area (Å²) in [4.78, 5) is 34.0. The number of nitrogens with zero attached hydrogens (tertiary/aromatic N) is 1. The number of hydrogen-bond donors (Lipinski definition) is 2. The maximum absolute atomic E-state index is 11.5. The van der Waals surface area contributed by atoms with Gasteiger partial charge in [0.15, 0.2) is 0 Å². The van der Waals surface area contributed by atoms with Crippen LogP contribution in [0, 0.1) is 0 Å². The number of carboxylic acids is 1. The van der Waals surface area contributed by atoms with E-state index in [1.807, 2.05) is 5.32 Å². The second-order valence-electron chi connectivity index (χ2n) is 4.15. The minimum absolute atomic E-state index is 0.0208. The summed E-state index contributed by atoms with van der Waals surface area (Å²) < 4.78 is 21.8. The lowest BCUT2D eigenvalue weighted by Crippen LogP contribution is -2.42. The van der Waals surface area contributed by atoms with E-state index in [4.69, 9.17) is 5.11 Å². The fourth-order valence-corrected chi connectivity index (χ4v) is 1.69. The average Bonchev–Trinajstić information content (AvgIpc) is 2.24. The van der Waals surface area contributed by atoms with E-state index in [0.717, 1.165) is 11.2 Å². The Kier molecular flexibility index (Phi) is 7.05. The molecule has 0 radical (unpaired) electrons. The Balaban J connectivity index is 4.01. The maximum atomic E-state index is 11.5. The van der Waals surface area contributed by atoms with E-state index in [1.165, 1.54) is 7.05 Å². The van der Waals surface area contributed by atoms with E-state index in [-0.39, 0.29) is 31.6 Å². The Morgan fingerprint density at radius 2 is 1.79 bits per heavy atom. The molecule has 0 aliphatic carbocycles. The van der Waals surface area contributed by atoms with Crippen LogP contribution in [-0.2, 0) is 19.4 Å². The molecule has 0 rings (SSSR count). The quantitative estimate of drug-likeness (QED) is 0.650. The van der Waals surface area contributed by atoms with Gasteiger partial charge < -0.3 is 10.0 Å². The molecule has 3 amide bonds. The lowest BCUT2D eigenvalue weighted by atomic mass is 10.2. The highest BCUT2D eigenvalue weighted by molar-refractivity contribution is 7.90. The van der Waals surface area contributed by atoms with Crippen molar-refractivity contribution in [2.75, 3.05) is 25.6 Å². The van der Waals surface area contributed by atoms with Gasteiger partial charge in [0.25, 0.3) is 0 Å². The van der Waals surface area contributed by atoms with Crippen molar-refractivity contribution < 1.29 is 27.9 Å². The van der Waals surface area contributed by atoms with Crippen molar-refractivity contribution >= 4 is 27.7 Å². The van der Waals surface area contributed by atoms with Gasteiger partial charge in [-0.2, -0.15) is 0 Å². The highest BCUT2D eigenvalue weighted by Crippen LogP contribution is 1.96. The van der Waals surface area contributed by atoms with Crippen LogP contribution in [0.1, 0.15) is 19.3 Å². The van der Waals surface area contributed by atoms with Crippen LogP contribution in [0.3, 0.4) is 0 Å². The summed E-state index contributed by atoms with van der Waals surface area (Å²) in [6.45, 7) is -0.0208. The molecule has 0 aliphatic rings. The Morgan fingerprint density at radius 3 is 2.26 bits per heavy atom. The summed E-state index contributed by atoms with van der Waals surface area (Å²) >= 11 is 0. The molecule has 0 bridgehead atoms. The third kappa shape index (κ3) is 10.0. The van der Waals surface area contributed by atoms with Gasteiger partial charge in [-0.05, 0) is 6.42 Å². The molecular formula is C10H18N2O6S. The molecule has 110 valence electrons. The number of aliphatic carboxylic acids is 1. The summed E-state index contributed by atoms with van der Waals surface area (Å²) in [7, 11) is -1.81. The Labute approximate surface area is 111 Å². The van der Waals surface area contributed by atoms with Crippen LogP contribution in [0.15, 0.2) is 0 Å². The highest BCUT2D eigenvalue weighted by atomic mass is 32.2. The van der Waals surface area contributed by atoms with Gasteiger partial charge in [0, 0.05) is 32.7 Å². The van der Waals surface area contributed by atoms with Crippen LogP contribution >= 0.6 is 0 Å². The zero-order chi connectivity index (χ0) is 15.1. The summed E-state index contributed by atoms with van der Waals surface area (Å²) in [6, 6.07) is -0.705. The first-order valence-electron chi connectivity index (χ1n) is 5.56. The van der Waals surface area contributed by atoms with Gasteiger partial charge in [-0.15, -0.1) is 0 Å². The standard InChI is InChI=1S/C10H18N2O6S/c1-12(6-7-19(2,17)18)10(16)11-8(13)4-3-5-9(14)15/h3-7H2,1-2H3,(H,14,15)(H,11,13,16). The van der Waals surface area contributed by atoms with Crippen LogP contribution < -0.4 is 5.32 Å². The normalized spacial score (nSPS) is 10.8. The van der Waals surface area contributed by atoms with Crippen LogP contribution in [0.5, 0.6) is 0 Å². The molecule has 0 atom stereocenters. The zero-order valence-electron chi connectivity index (χ0n) is 10.9. The number of hydrogen-bond acceptors (Lipinski definition) is 5. The van der Waals surface area contributed by atoms with E-state index < -0.39 is 27.7 Å². The van der Waals surface area contributed by atoms with Crippen LogP contribution in [0.4, 0.5) is 4.79 Å². The first-order valence-corrected chi connectivity index (χ1v) is 7.62. The third-order valence-corrected chi connectivity index (χ3v) is 3.11. The number of carbonyl (C=O) groups excluding carboxylic acids is 2. The Bertz CT molecular complexity index is 445. The fourth-order valence-electron chi connectivity index (χ4n) is 1.08. The van der Waals surface area contributed by atoms with Crippen molar-refractivity contribution in [3.63, 3.8) is 0 Å². The van der Waals surface area contributed by atoms with E-state index >= 15 is 0 Å². The lowest BCUT2D eigenvalue weighted by molar-refractivity contribution is -0.137. The molecule has 0 spiro atoms. The van der Waals surface area contributed by atoms with Gasteiger partial charge in [-0.25, -0.2) is 13.2 Å². The number of imide groups is 1. The van der Waals surface area contributed by atoms with Crippen LogP contribution in [0.2, 0.25) is 0 Å². The fraction of sp³-hybridized carbons (Fsp3) is 0.700. The van der Waals surface area contributed by atoms with Gasteiger partial charge >= 0.3 is 12.0 Å². The number of sulfone groups is 1. The summed E-state index contributed by atoms with van der Waals surface area (Å²) in [5.74, 6) is -1.79. The van der Waals surface area contributed by atoms with Crippen molar-refractivity contribution in [3.05, 3.63) is 0 Å². The number of amides is 3. The first kappa shape index (κ1) is 17.4. The van der Waals surface area contributed by atoms with Gasteiger partial charge in [0.1, 0.15) is 9.84 Å². The topological polar surface area (TPSA) is 121 Å². The molecular weight excluding hydrogens is 276 g/mol. The second-order valence-corrected chi connectivity index (χ2v) is 6.41. The van der Waals surface area contributed by atoms with E-state index in [1.54, 1.807) is 0 Å². The summed E-state index contributed by atoms with van der Waals surface area (Å²) in [6.07, 6.45) is 0.973. The van der Waals surface area contributed by atoms with Crippen molar-refractivity contribution in [2.24, 2.45) is 0 Å². The van der Waals surface area contributed by atoms with Crippen molar-refractivity contribution in [3.8, 4) is 0 Å². The smallest absolute Gasteiger partial charge is 0.323 e. The predicted molar refractivity (Wildman–Crippen MR) is 67.4 cm³/mol. The molecule has 2 N–H and O–H groups in total. The van der Waals surface area contributed by atoms with E-state index in [2.05, 4.69) is 0 Å². The van der Waals surface area contributed by atoms with E-state index in [0.29, 0.717) is 0 Å². The molecule has 0 saturated carbocycles. The molecule has 0 aliphatic heterocycles. The molecule has 0 heterocycles. The van der Waals surface area contributed by atoms with Crippen LogP contribution in [-0.4, -0.2) is 61.9 Å². The zero-order valence-corrected chi connectivity index (χ0v) is 11.7. The molecule has 9 heteroatoms. The third-order valence-electron chi connectivity index (χ3n) is 2.19. The molecule has 19 heavy (non-hydrogen) atoms. The Hall–Kier alpha value is -1.64. The summed E-state index contributed by atoms with van der Waals surface area (Å²) in [5.41, 5.74) is 0. The summed E-state index contributed by atoms with van der Waals surface area (Å²) in [5, 5.41) is 10.4. The van der Waals surface area contributed by atoms with E-state index in [9.17, 15) is 22.8 Å². The molecule has 0 aromatic rings. The lowest BCUT2D eigenvalue weighted by Gasteiger charge is -2.16. The SMILES string of the molecule is CN(CCS(C)(=O)=O)C(=O)NC(=O)CCCC(=O)O. The van der Waals surface area contributed by atoms with Crippen molar-refractivity contribution in [1.29, 1.82) is 0 Å². The number of carboxylic acid groups (broad SMARTS) is 1. The molecule has 0 aromatic carbocycles. The highest BCUT2D eigenvalue weighted by Gasteiger charge is 2.14. The molecule has 0 fully saturated rings. The predicted octanol–water partition coefficient (Wildman–Crippen LogP) is -0.546. The second kappa shape index (κ2) is 7.72. The molecule has 0 unspecified atom stereocenters. The van der Waals surface area contributed by atoms with Crippen molar-refractivity contribution in [1.82, 2.24) is 10.2 Å². The van der Waals surface area contributed by atoms with Crippen LogP contribution in [0.25, 0.3) is 0 Å². The van der Waals surface area contributed by atoms with Crippen molar-refractivity contribution in [2.45, 2.75) is 19.3 Å². The van der Waals surface area contributed by atoms with Gasteiger partial charge in [0.2, 0.25) is 5.91 Å². The Morgan fingerprint density at radius 1 is 1.21 bits per heavy atom. The van der Waals surface area contributed by atoms with Gasteiger partial charge in [-0.3, -0.25) is 14.9 Å². The monoisotopic (exact) mass is 294 g/mol. The molecule has 0 saturated heterocycles. The number of nitrogens with one attached hydrogen (secondary N) is 1. The number of carbonyl (C=O) groups is 3. The number of rotatable bonds is 7. The van der Waals surface area contributed by atoms with Gasteiger partial charge in [-0.1, -0.05) is 0 Å². The average molecular weight is 294 g/mol. The number of urea groups is 1. The largest absolute Gasteiger partial charge is 0.481 e.